The van der Waals surface area contributed by atoms with E-state index in [1.807, 2.05) is 30.9 Å². The number of carbonyl (C=O) groups is 2. The Kier molecular flexibility index (Phi) is 6.08. The fourth-order valence-electron chi connectivity index (χ4n) is 4.23. The molecule has 2 heterocycles. The van der Waals surface area contributed by atoms with Crippen LogP contribution in [0.25, 0.3) is 10.9 Å². The molecule has 0 bridgehead atoms. The summed E-state index contributed by atoms with van der Waals surface area (Å²) in [6, 6.07) is 12.5. The molecule has 0 saturated carbocycles. The summed E-state index contributed by atoms with van der Waals surface area (Å²) in [6.07, 6.45) is 0.765. The van der Waals surface area contributed by atoms with Gasteiger partial charge in [0, 0.05) is 53.3 Å². The third-order valence-electron chi connectivity index (χ3n) is 6.03. The number of rotatable bonds is 6. The first-order valence-electron chi connectivity index (χ1n) is 10.8. The molecule has 2 aromatic carbocycles. The van der Waals surface area contributed by atoms with Gasteiger partial charge in [-0.05, 0) is 24.1 Å². The van der Waals surface area contributed by atoms with Crippen molar-refractivity contribution in [1.82, 2.24) is 15.2 Å². The Morgan fingerprint density at radius 2 is 1.75 bits per heavy atom. The molecule has 7 heteroatoms. The number of hydrogen-bond donors (Lipinski definition) is 2. The molecule has 1 aliphatic heterocycles. The predicted octanol–water partition coefficient (Wildman–Crippen LogP) is 3.52. The zero-order chi connectivity index (χ0) is 22.8. The molecule has 2 amide bonds. The molecule has 7 nitrogen and oxygen atoms in total. The number of aromatic amines is 1. The van der Waals surface area contributed by atoms with E-state index in [-0.39, 0.29) is 17.7 Å². The van der Waals surface area contributed by atoms with Crippen molar-refractivity contribution in [3.8, 4) is 11.5 Å². The predicted molar refractivity (Wildman–Crippen MR) is 123 cm³/mol. The molecule has 1 unspecified atom stereocenters. The summed E-state index contributed by atoms with van der Waals surface area (Å²) in [5.41, 5.74) is 3.82. The molecule has 0 radical (unpaired) electrons. The summed E-state index contributed by atoms with van der Waals surface area (Å²) in [4.78, 5) is 31.8. The minimum absolute atomic E-state index is 0.0664. The Morgan fingerprint density at radius 1 is 1.06 bits per heavy atom. The third-order valence-corrected chi connectivity index (χ3v) is 6.03. The molecular formula is C25H29N3O4. The quantitative estimate of drug-likeness (QED) is 0.621. The highest BCUT2D eigenvalue weighted by molar-refractivity contribution is 5.98. The van der Waals surface area contributed by atoms with Crippen molar-refractivity contribution < 1.29 is 19.1 Å². The van der Waals surface area contributed by atoms with Gasteiger partial charge >= 0.3 is 0 Å². The van der Waals surface area contributed by atoms with Crippen molar-refractivity contribution in [3.05, 3.63) is 59.3 Å². The first-order chi connectivity index (χ1) is 15.4. The number of methoxy groups -OCH3 is 2. The molecule has 0 aliphatic carbocycles. The van der Waals surface area contributed by atoms with Crippen LogP contribution in [0.15, 0.2) is 42.5 Å². The molecule has 3 aromatic rings. The number of benzene rings is 2. The highest BCUT2D eigenvalue weighted by atomic mass is 16.5. The van der Waals surface area contributed by atoms with Crippen molar-refractivity contribution >= 4 is 22.7 Å². The van der Waals surface area contributed by atoms with Gasteiger partial charge in [0.25, 0.3) is 5.91 Å². The number of nitrogens with one attached hydrogen (secondary N) is 2. The van der Waals surface area contributed by atoms with Crippen molar-refractivity contribution in [2.75, 3.05) is 20.8 Å². The van der Waals surface area contributed by atoms with Crippen LogP contribution in [0.2, 0.25) is 0 Å². The molecule has 168 valence electrons. The topological polar surface area (TPSA) is 83.7 Å². The number of fused-ring (bicyclic) bond motifs is 3. The summed E-state index contributed by atoms with van der Waals surface area (Å²) in [5.74, 6) is 0.566. The van der Waals surface area contributed by atoms with Gasteiger partial charge in [0.05, 0.1) is 14.2 Å². The number of ether oxygens (including phenoxy) is 2. The van der Waals surface area contributed by atoms with Crippen LogP contribution in [0.3, 0.4) is 0 Å². The van der Waals surface area contributed by atoms with Crippen LogP contribution in [0.5, 0.6) is 11.5 Å². The van der Waals surface area contributed by atoms with Crippen LogP contribution in [0.1, 0.15) is 35.5 Å². The second-order valence-electron chi connectivity index (χ2n) is 8.43. The van der Waals surface area contributed by atoms with Gasteiger partial charge in [-0.3, -0.25) is 9.59 Å². The van der Waals surface area contributed by atoms with Crippen LogP contribution in [-0.2, 0) is 17.8 Å². The Hall–Kier alpha value is -3.48. The first kappa shape index (κ1) is 21.7. The van der Waals surface area contributed by atoms with Gasteiger partial charge < -0.3 is 24.7 Å². The zero-order valence-electron chi connectivity index (χ0n) is 18.9. The van der Waals surface area contributed by atoms with E-state index >= 15 is 0 Å². The monoisotopic (exact) mass is 435 g/mol. The lowest BCUT2D eigenvalue weighted by Gasteiger charge is -2.32. The van der Waals surface area contributed by atoms with Crippen LogP contribution in [0, 0.1) is 5.92 Å². The molecule has 0 spiro atoms. The fourth-order valence-corrected chi connectivity index (χ4v) is 4.23. The first-order valence-corrected chi connectivity index (χ1v) is 10.8. The zero-order valence-corrected chi connectivity index (χ0v) is 18.9. The van der Waals surface area contributed by atoms with E-state index in [4.69, 9.17) is 9.47 Å². The van der Waals surface area contributed by atoms with Crippen LogP contribution in [-0.4, -0.2) is 48.5 Å². The lowest BCUT2D eigenvalue weighted by atomic mass is 9.99. The Labute approximate surface area is 187 Å². The fraction of sp³-hybridized carbons (Fsp3) is 0.360. The summed E-state index contributed by atoms with van der Waals surface area (Å²) in [7, 11) is 3.07. The van der Waals surface area contributed by atoms with Crippen LogP contribution >= 0.6 is 0 Å². The second-order valence-corrected chi connectivity index (χ2v) is 8.43. The minimum Gasteiger partial charge on any atom is -0.497 e. The molecule has 2 N–H and O–H groups in total. The third kappa shape index (κ3) is 4.15. The number of aromatic nitrogens is 1. The van der Waals surface area contributed by atoms with E-state index in [9.17, 15) is 9.59 Å². The highest BCUT2D eigenvalue weighted by Gasteiger charge is 2.32. The summed E-state index contributed by atoms with van der Waals surface area (Å²) >= 11 is 0. The van der Waals surface area contributed by atoms with Crippen LogP contribution < -0.4 is 14.8 Å². The van der Waals surface area contributed by atoms with Gasteiger partial charge in [-0.1, -0.05) is 32.0 Å². The van der Waals surface area contributed by atoms with Crippen molar-refractivity contribution in [1.29, 1.82) is 0 Å². The molecule has 1 aliphatic rings. The summed E-state index contributed by atoms with van der Waals surface area (Å²) in [6.45, 7) is 5.03. The molecule has 1 atom stereocenters. The maximum absolute atomic E-state index is 13.5. The second kappa shape index (κ2) is 8.94. The largest absolute Gasteiger partial charge is 0.497 e. The van der Waals surface area contributed by atoms with E-state index in [1.165, 1.54) is 19.9 Å². The van der Waals surface area contributed by atoms with Gasteiger partial charge in [-0.25, -0.2) is 0 Å². The maximum atomic E-state index is 13.5. The molecule has 32 heavy (non-hydrogen) atoms. The SMILES string of the molecule is COc1cc(OC)cc(C(=O)NC(C(=O)N2CCc3[nH]c4ccccc4c3C2)C(C)C)c1. The molecule has 0 fully saturated rings. The average molecular weight is 436 g/mol. The van der Waals surface area contributed by atoms with Gasteiger partial charge in [0.2, 0.25) is 5.91 Å². The van der Waals surface area contributed by atoms with Crippen molar-refractivity contribution in [2.45, 2.75) is 32.9 Å². The van der Waals surface area contributed by atoms with Gasteiger partial charge in [-0.15, -0.1) is 0 Å². The average Bonchev–Trinajstić information content (AvgIpc) is 3.19. The van der Waals surface area contributed by atoms with Crippen molar-refractivity contribution in [3.63, 3.8) is 0 Å². The van der Waals surface area contributed by atoms with E-state index < -0.39 is 6.04 Å². The Balaban J connectivity index is 1.54. The molecule has 0 saturated heterocycles. The molecular weight excluding hydrogens is 406 g/mol. The van der Waals surface area contributed by atoms with Gasteiger partial charge in [0.15, 0.2) is 0 Å². The molecule has 1 aromatic heterocycles. The van der Waals surface area contributed by atoms with Crippen molar-refractivity contribution in [2.24, 2.45) is 5.92 Å². The maximum Gasteiger partial charge on any atom is 0.252 e. The lowest BCUT2D eigenvalue weighted by Crippen LogP contribution is -2.52. The lowest BCUT2D eigenvalue weighted by molar-refractivity contribution is -0.135. The van der Waals surface area contributed by atoms with E-state index in [0.717, 1.165) is 22.9 Å². The number of para-hydroxylation sites is 1. The van der Waals surface area contributed by atoms with E-state index in [2.05, 4.69) is 22.4 Å². The number of amides is 2. The molecule has 4 rings (SSSR count). The number of hydrogen-bond acceptors (Lipinski definition) is 4. The number of nitrogens with zero attached hydrogens (tertiary/aromatic N) is 1. The number of H-pyrrole nitrogens is 1. The van der Waals surface area contributed by atoms with Gasteiger partial charge in [0.1, 0.15) is 17.5 Å². The Bertz CT molecular complexity index is 1130. The highest BCUT2D eigenvalue weighted by Crippen LogP contribution is 2.28. The Morgan fingerprint density at radius 3 is 2.41 bits per heavy atom. The number of carbonyl (C=O) groups excluding carboxylic acids is 2. The standard InChI is InChI=1S/C25H29N3O4/c1-15(2)23(27-24(29)16-11-17(31-3)13-18(12-16)32-4)25(30)28-10-9-22-20(14-28)19-7-5-6-8-21(19)26-22/h5-8,11-13,15,23,26H,9-10,14H2,1-4H3,(H,27,29). The van der Waals surface area contributed by atoms with E-state index in [1.54, 1.807) is 18.2 Å². The minimum atomic E-state index is -0.633. The van der Waals surface area contributed by atoms with Crippen LogP contribution in [0.4, 0.5) is 0 Å². The summed E-state index contributed by atoms with van der Waals surface area (Å²) in [5, 5.41) is 4.09. The van der Waals surface area contributed by atoms with E-state index in [0.29, 0.717) is 30.2 Å². The smallest absolute Gasteiger partial charge is 0.252 e. The summed E-state index contributed by atoms with van der Waals surface area (Å²) < 4.78 is 10.5. The normalized spacial score (nSPS) is 14.2. The van der Waals surface area contributed by atoms with Gasteiger partial charge in [-0.2, -0.15) is 0 Å².